The van der Waals surface area contributed by atoms with Gasteiger partial charge in [0.1, 0.15) is 17.2 Å². The van der Waals surface area contributed by atoms with Gasteiger partial charge >= 0.3 is 0 Å². The van der Waals surface area contributed by atoms with Crippen molar-refractivity contribution in [3.05, 3.63) is 58.1 Å². The first kappa shape index (κ1) is 18.4. The van der Waals surface area contributed by atoms with Gasteiger partial charge in [-0.15, -0.1) is 0 Å². The lowest BCUT2D eigenvalue weighted by molar-refractivity contribution is -0.383. The maximum atomic E-state index is 12.3. The fourth-order valence-electron chi connectivity index (χ4n) is 2.09. The molecule has 0 aliphatic carbocycles. The number of nitro groups is 1. The molecule has 0 saturated heterocycles. The van der Waals surface area contributed by atoms with E-state index in [1.807, 2.05) is 6.92 Å². The summed E-state index contributed by atoms with van der Waals surface area (Å²) >= 11 is 0. The first-order valence-electron chi connectivity index (χ1n) is 7.14. The summed E-state index contributed by atoms with van der Waals surface area (Å²) in [4.78, 5) is 22.5. The van der Waals surface area contributed by atoms with Crippen LogP contribution in [0.15, 0.2) is 47.4 Å². The van der Waals surface area contributed by atoms with Gasteiger partial charge in [0.15, 0.2) is 9.84 Å². The van der Waals surface area contributed by atoms with Crippen molar-refractivity contribution in [3.8, 4) is 5.75 Å². The number of rotatable bonds is 6. The molecule has 0 aromatic heterocycles. The van der Waals surface area contributed by atoms with Crippen LogP contribution in [-0.4, -0.2) is 32.1 Å². The molecule has 0 heterocycles. The fourth-order valence-corrected chi connectivity index (χ4v) is 3.22. The number of carbonyl (C=O) groups excluding carboxylic acids is 1. The lowest BCUT2D eigenvalue weighted by Gasteiger charge is -2.09. The quantitative estimate of drug-likeness (QED) is 0.621. The van der Waals surface area contributed by atoms with Crippen LogP contribution in [0.25, 0.3) is 0 Å². The average molecular weight is 364 g/mol. The Balaban J connectivity index is 2.22. The number of hydrogen-bond acceptors (Lipinski definition) is 6. The predicted octanol–water partition coefficient (Wildman–Crippen LogP) is 2.32. The molecule has 25 heavy (non-hydrogen) atoms. The number of ether oxygens (including phenoxy) is 1. The molecular formula is C16H16N2O6S. The number of anilines is 1. The van der Waals surface area contributed by atoms with E-state index in [1.54, 1.807) is 12.1 Å². The van der Waals surface area contributed by atoms with Crippen molar-refractivity contribution in [2.75, 3.05) is 18.2 Å². The van der Waals surface area contributed by atoms with E-state index in [0.717, 1.165) is 5.56 Å². The van der Waals surface area contributed by atoms with Crippen molar-refractivity contribution in [2.45, 2.75) is 11.8 Å². The Hall–Kier alpha value is -2.94. The van der Waals surface area contributed by atoms with Crippen molar-refractivity contribution < 1.29 is 22.9 Å². The Labute approximate surface area is 144 Å². The van der Waals surface area contributed by atoms with Gasteiger partial charge in [-0.3, -0.25) is 14.9 Å². The Kier molecular flexibility index (Phi) is 5.38. The third-order valence-electron chi connectivity index (χ3n) is 3.38. The molecule has 0 aliphatic heterocycles. The van der Waals surface area contributed by atoms with Gasteiger partial charge in [-0.1, -0.05) is 17.7 Å². The highest BCUT2D eigenvalue weighted by atomic mass is 32.2. The van der Waals surface area contributed by atoms with Gasteiger partial charge < -0.3 is 10.1 Å². The van der Waals surface area contributed by atoms with E-state index in [9.17, 15) is 23.3 Å². The number of hydrogen-bond donors (Lipinski definition) is 1. The molecule has 0 aliphatic rings. The molecule has 0 bridgehead atoms. The highest BCUT2D eigenvalue weighted by Gasteiger charge is 2.22. The third-order valence-corrected chi connectivity index (χ3v) is 5.01. The van der Waals surface area contributed by atoms with Crippen LogP contribution in [0.4, 0.5) is 11.4 Å². The SMILES string of the molecule is COc1ccc([N+](=O)[O-])c(NC(=O)CS(=O)(=O)c2ccc(C)cc2)c1. The average Bonchev–Trinajstić information content (AvgIpc) is 2.54. The van der Waals surface area contributed by atoms with Crippen LogP contribution in [0.3, 0.4) is 0 Å². The predicted molar refractivity (Wildman–Crippen MR) is 91.5 cm³/mol. The Bertz CT molecular complexity index is 907. The Morgan fingerprint density at radius 1 is 1.20 bits per heavy atom. The topological polar surface area (TPSA) is 116 Å². The van der Waals surface area contributed by atoms with E-state index >= 15 is 0 Å². The summed E-state index contributed by atoms with van der Waals surface area (Å²) in [5, 5.41) is 13.3. The molecule has 0 atom stereocenters. The van der Waals surface area contributed by atoms with Crippen LogP contribution >= 0.6 is 0 Å². The van der Waals surface area contributed by atoms with Crippen LogP contribution < -0.4 is 10.1 Å². The maximum absolute atomic E-state index is 12.3. The lowest BCUT2D eigenvalue weighted by atomic mass is 10.2. The molecule has 0 spiro atoms. The zero-order chi connectivity index (χ0) is 18.6. The number of nitro benzene ring substituents is 1. The fraction of sp³-hybridized carbons (Fsp3) is 0.188. The van der Waals surface area contributed by atoms with Crippen LogP contribution in [-0.2, 0) is 14.6 Å². The molecule has 2 aromatic carbocycles. The van der Waals surface area contributed by atoms with E-state index in [1.165, 1.54) is 37.4 Å². The molecule has 0 saturated carbocycles. The second kappa shape index (κ2) is 7.31. The van der Waals surface area contributed by atoms with Crippen LogP contribution in [0, 0.1) is 17.0 Å². The Morgan fingerprint density at radius 3 is 2.40 bits per heavy atom. The summed E-state index contributed by atoms with van der Waals surface area (Å²) in [5.41, 5.74) is 0.394. The van der Waals surface area contributed by atoms with Gasteiger partial charge in [-0.2, -0.15) is 0 Å². The highest BCUT2D eigenvalue weighted by molar-refractivity contribution is 7.92. The molecule has 2 aromatic rings. The van der Waals surface area contributed by atoms with Gasteiger partial charge in [0.05, 0.1) is 16.9 Å². The standard InChI is InChI=1S/C16H16N2O6S/c1-11-3-6-13(7-4-11)25(22,23)10-16(19)17-14-9-12(24-2)5-8-15(14)18(20)21/h3-9H,10H2,1-2H3,(H,17,19). The minimum absolute atomic E-state index is 0.00777. The summed E-state index contributed by atoms with van der Waals surface area (Å²) < 4.78 is 29.5. The number of methoxy groups -OCH3 is 1. The van der Waals surface area contributed by atoms with Crippen LogP contribution in [0.2, 0.25) is 0 Å². The lowest BCUT2D eigenvalue weighted by Crippen LogP contribution is -2.23. The first-order chi connectivity index (χ1) is 11.7. The summed E-state index contributed by atoms with van der Waals surface area (Å²) in [7, 11) is -2.49. The number of nitrogens with one attached hydrogen (secondary N) is 1. The molecule has 0 fully saturated rings. The van der Waals surface area contributed by atoms with Crippen molar-refractivity contribution in [1.82, 2.24) is 0 Å². The van der Waals surface area contributed by atoms with Gasteiger partial charge in [0, 0.05) is 12.1 Å². The van der Waals surface area contributed by atoms with E-state index in [0.29, 0.717) is 5.75 Å². The second-order valence-corrected chi connectivity index (χ2v) is 7.25. The molecule has 1 N–H and O–H groups in total. The Morgan fingerprint density at radius 2 is 1.84 bits per heavy atom. The minimum atomic E-state index is -3.86. The third kappa shape index (κ3) is 4.54. The second-order valence-electron chi connectivity index (χ2n) is 5.26. The number of nitrogens with zero attached hydrogens (tertiary/aromatic N) is 1. The minimum Gasteiger partial charge on any atom is -0.497 e. The summed E-state index contributed by atoms with van der Waals surface area (Å²) in [6.07, 6.45) is 0. The molecular weight excluding hydrogens is 348 g/mol. The van der Waals surface area contributed by atoms with E-state index in [-0.39, 0.29) is 16.3 Å². The van der Waals surface area contributed by atoms with Gasteiger partial charge in [0.2, 0.25) is 5.91 Å². The maximum Gasteiger partial charge on any atom is 0.293 e. The number of benzene rings is 2. The van der Waals surface area contributed by atoms with Crippen molar-refractivity contribution in [1.29, 1.82) is 0 Å². The molecule has 0 unspecified atom stereocenters. The zero-order valence-electron chi connectivity index (χ0n) is 13.6. The zero-order valence-corrected chi connectivity index (χ0v) is 14.4. The van der Waals surface area contributed by atoms with Gasteiger partial charge in [-0.25, -0.2) is 8.42 Å². The largest absolute Gasteiger partial charge is 0.497 e. The first-order valence-corrected chi connectivity index (χ1v) is 8.80. The number of aryl methyl sites for hydroxylation is 1. The van der Waals surface area contributed by atoms with E-state index < -0.39 is 26.4 Å². The van der Waals surface area contributed by atoms with Crippen LogP contribution in [0.5, 0.6) is 5.75 Å². The van der Waals surface area contributed by atoms with Gasteiger partial charge in [-0.05, 0) is 25.1 Å². The highest BCUT2D eigenvalue weighted by Crippen LogP contribution is 2.29. The molecule has 132 valence electrons. The summed E-state index contributed by atoms with van der Waals surface area (Å²) in [5.74, 6) is -1.41. The molecule has 8 nitrogen and oxygen atoms in total. The molecule has 9 heteroatoms. The smallest absolute Gasteiger partial charge is 0.293 e. The summed E-state index contributed by atoms with van der Waals surface area (Å²) in [6, 6.07) is 9.86. The van der Waals surface area contributed by atoms with Crippen LogP contribution in [0.1, 0.15) is 5.56 Å². The molecule has 2 rings (SSSR count). The summed E-state index contributed by atoms with van der Waals surface area (Å²) in [6.45, 7) is 1.81. The number of carbonyl (C=O) groups is 1. The van der Waals surface area contributed by atoms with Crippen molar-refractivity contribution >= 4 is 27.1 Å². The molecule has 0 radical (unpaired) electrons. The molecule has 1 amide bonds. The number of amides is 1. The van der Waals surface area contributed by atoms with E-state index in [4.69, 9.17) is 4.74 Å². The van der Waals surface area contributed by atoms with Crippen molar-refractivity contribution in [3.63, 3.8) is 0 Å². The van der Waals surface area contributed by atoms with E-state index in [2.05, 4.69) is 5.32 Å². The van der Waals surface area contributed by atoms with Gasteiger partial charge in [0.25, 0.3) is 5.69 Å². The normalized spacial score (nSPS) is 11.0. The number of sulfone groups is 1. The monoisotopic (exact) mass is 364 g/mol. The van der Waals surface area contributed by atoms with Crippen molar-refractivity contribution in [2.24, 2.45) is 0 Å².